The number of nitrogens with zero attached hydrogens (tertiary/aromatic N) is 1. The molecule has 0 aliphatic carbocycles. The number of carboxylic acid groups (broad SMARTS) is 1. The molecule has 0 aromatic heterocycles. The number of aliphatic carboxylic acids is 1. The van der Waals surface area contributed by atoms with Crippen LogP contribution in [0.5, 0.6) is 17.2 Å². The molecular formula is C40H40Cl2LiN3O6. The fourth-order valence-corrected chi connectivity index (χ4v) is 6.32. The first-order chi connectivity index (χ1) is 24.7. The van der Waals surface area contributed by atoms with Crippen molar-refractivity contribution in [2.45, 2.75) is 65.3 Å². The number of carbonyl (C=O) groups is 2. The minimum atomic E-state index is -1.21. The Labute approximate surface area is 327 Å². The Balaban J connectivity index is 0.00000605. The minimum absolute atomic E-state index is 0. The molecule has 5 rings (SSSR count). The normalized spacial score (nSPS) is 14.8. The van der Waals surface area contributed by atoms with Crippen LogP contribution < -0.4 is 48.8 Å². The summed E-state index contributed by atoms with van der Waals surface area (Å²) in [4.78, 5) is 28.4. The number of rotatable bonds is 9. The zero-order valence-corrected chi connectivity index (χ0v) is 31.2. The molecule has 0 spiro atoms. The number of hydrogen-bond donors (Lipinski definition) is 2. The Bertz CT molecular complexity index is 1930. The standard InChI is InChI=1S/C40H41Cl2N3O6.Li/c1-25-28(9-6-10-32(25)33-11-7-13-36(26(33)2)49-16-8-14-41)24-51-38-21-37-30(20-34(38)42)22-45-35(40(47)48)12-4-5-15-44-39(46)29-17-27(23-50-37)18-31(19-29)43-3;/h6-7,9-11,13,17-21,35,45H,4-5,8,12,14-16,22-24H2,1-2H3,(H,44,46)(H,47,48);/q;+1/p-1/t35-;/m0./s1. The van der Waals surface area contributed by atoms with Gasteiger partial charge in [-0.1, -0.05) is 41.9 Å². The predicted molar refractivity (Wildman–Crippen MR) is 197 cm³/mol. The van der Waals surface area contributed by atoms with Gasteiger partial charge in [0.05, 0.1) is 24.2 Å². The molecule has 12 heteroatoms. The molecule has 0 unspecified atom stereocenters. The number of alkyl halides is 1. The van der Waals surface area contributed by atoms with Crippen LogP contribution in [0.3, 0.4) is 0 Å². The molecule has 4 aromatic carbocycles. The van der Waals surface area contributed by atoms with E-state index in [4.69, 9.17) is 44.0 Å². The summed E-state index contributed by atoms with van der Waals surface area (Å²) < 4.78 is 18.6. The summed E-state index contributed by atoms with van der Waals surface area (Å²) in [6.45, 7) is 13.0. The van der Waals surface area contributed by atoms with Gasteiger partial charge in [-0.05, 0) is 103 Å². The van der Waals surface area contributed by atoms with Crippen molar-refractivity contribution in [2.24, 2.45) is 0 Å². The number of fused-ring (bicyclic) bond motifs is 3. The van der Waals surface area contributed by atoms with Crippen molar-refractivity contribution in [3.05, 3.63) is 117 Å². The number of halogens is 2. The topological polar surface area (TPSA) is 113 Å². The molecule has 1 amide bonds. The molecule has 52 heavy (non-hydrogen) atoms. The van der Waals surface area contributed by atoms with Gasteiger partial charge in [-0.3, -0.25) is 4.79 Å². The Hall–Kier alpha value is -4.15. The van der Waals surface area contributed by atoms with Crippen LogP contribution in [0.25, 0.3) is 16.0 Å². The second-order valence-electron chi connectivity index (χ2n) is 12.4. The van der Waals surface area contributed by atoms with Crippen molar-refractivity contribution in [1.29, 1.82) is 0 Å². The van der Waals surface area contributed by atoms with Gasteiger partial charge in [0.1, 0.15) is 30.5 Å². The molecule has 1 aliphatic heterocycles. The second-order valence-corrected chi connectivity index (χ2v) is 13.2. The maximum atomic E-state index is 12.9. The number of hydrogen-bond acceptors (Lipinski definition) is 7. The van der Waals surface area contributed by atoms with Gasteiger partial charge in [0.2, 0.25) is 5.91 Å². The van der Waals surface area contributed by atoms with Crippen molar-refractivity contribution >= 4 is 40.8 Å². The van der Waals surface area contributed by atoms with E-state index in [2.05, 4.69) is 34.5 Å². The monoisotopic (exact) mass is 735 g/mol. The third-order valence-corrected chi connectivity index (χ3v) is 9.41. The van der Waals surface area contributed by atoms with Gasteiger partial charge in [-0.25, -0.2) is 4.85 Å². The summed E-state index contributed by atoms with van der Waals surface area (Å²) >= 11 is 12.6. The molecule has 2 N–H and O–H groups in total. The molecule has 0 radical (unpaired) electrons. The average Bonchev–Trinajstić information content (AvgIpc) is 3.12. The summed E-state index contributed by atoms with van der Waals surface area (Å²) in [7, 11) is 0. The van der Waals surface area contributed by atoms with Gasteiger partial charge < -0.3 is 34.7 Å². The van der Waals surface area contributed by atoms with Gasteiger partial charge in [0, 0.05) is 42.2 Å². The first-order valence-corrected chi connectivity index (χ1v) is 17.8. The van der Waals surface area contributed by atoms with Crippen LogP contribution in [-0.4, -0.2) is 36.9 Å². The van der Waals surface area contributed by atoms with Crippen molar-refractivity contribution in [2.75, 3.05) is 19.0 Å². The van der Waals surface area contributed by atoms with E-state index in [1.54, 1.807) is 24.3 Å². The first-order valence-electron chi connectivity index (χ1n) is 16.9. The van der Waals surface area contributed by atoms with Gasteiger partial charge in [0.15, 0.2) is 5.69 Å². The molecule has 2 bridgehead atoms. The van der Waals surface area contributed by atoms with Crippen molar-refractivity contribution in [3.63, 3.8) is 0 Å². The maximum absolute atomic E-state index is 12.9. The summed E-state index contributed by atoms with van der Waals surface area (Å²) in [6.07, 6.45) is 2.20. The number of ether oxygens (including phenoxy) is 3. The van der Waals surface area contributed by atoms with Crippen molar-refractivity contribution in [1.82, 2.24) is 10.6 Å². The minimum Gasteiger partial charge on any atom is -0.548 e. The number of carbonyl (C=O) groups excluding carboxylic acids is 2. The smallest absolute Gasteiger partial charge is 0.548 e. The van der Waals surface area contributed by atoms with Gasteiger partial charge in [0.25, 0.3) is 0 Å². The Morgan fingerprint density at radius 2 is 1.79 bits per heavy atom. The van der Waals surface area contributed by atoms with Gasteiger partial charge in [-0.2, -0.15) is 0 Å². The summed E-state index contributed by atoms with van der Waals surface area (Å²) in [5.74, 6) is 0.627. The van der Waals surface area contributed by atoms with Crippen LogP contribution in [0.2, 0.25) is 5.02 Å². The zero-order chi connectivity index (χ0) is 36.3. The van der Waals surface area contributed by atoms with Gasteiger partial charge in [-0.15, -0.1) is 11.6 Å². The SMILES string of the molecule is [C-]#[N+]c1cc2cc(c1)C(=O)NCCCC[C@@H](C(=O)[O-])NCc1cc(Cl)c(OCc3cccc(-c4cccc(OCCCCl)c4C)c3C)cc1OC2.[Li+]. The molecular weight excluding hydrogens is 696 g/mol. The van der Waals surface area contributed by atoms with Crippen LogP contribution in [-0.2, 0) is 24.6 Å². The van der Waals surface area contributed by atoms with E-state index in [0.717, 1.165) is 40.0 Å². The van der Waals surface area contributed by atoms with Crippen LogP contribution in [0, 0.1) is 20.4 Å². The number of nitrogens with one attached hydrogen (secondary N) is 2. The zero-order valence-electron chi connectivity index (χ0n) is 29.7. The van der Waals surface area contributed by atoms with E-state index in [1.165, 1.54) is 6.07 Å². The van der Waals surface area contributed by atoms with Gasteiger partial charge >= 0.3 is 18.9 Å². The molecule has 0 saturated heterocycles. The molecule has 1 atom stereocenters. The van der Waals surface area contributed by atoms with E-state index in [-0.39, 0.29) is 44.5 Å². The third kappa shape index (κ3) is 10.5. The van der Waals surface area contributed by atoms with E-state index >= 15 is 0 Å². The van der Waals surface area contributed by atoms with Crippen molar-refractivity contribution < 1.29 is 47.8 Å². The molecule has 1 heterocycles. The van der Waals surface area contributed by atoms with Crippen LogP contribution in [0.4, 0.5) is 5.69 Å². The summed E-state index contributed by atoms with van der Waals surface area (Å²) in [5, 5.41) is 18.2. The van der Waals surface area contributed by atoms with E-state index in [9.17, 15) is 14.7 Å². The number of carboxylic acids is 1. The Morgan fingerprint density at radius 1 is 1.02 bits per heavy atom. The Kier molecular flexibility index (Phi) is 15.3. The van der Waals surface area contributed by atoms with Crippen LogP contribution in [0.15, 0.2) is 66.7 Å². The fourth-order valence-electron chi connectivity index (χ4n) is 5.97. The molecule has 9 nitrogen and oxygen atoms in total. The summed E-state index contributed by atoms with van der Waals surface area (Å²) in [5.41, 5.74) is 7.08. The quantitative estimate of drug-likeness (QED) is 0.113. The third-order valence-electron chi connectivity index (χ3n) is 8.85. The van der Waals surface area contributed by atoms with E-state index in [0.29, 0.717) is 77.2 Å². The fraction of sp³-hybridized carbons (Fsp3) is 0.325. The Morgan fingerprint density at radius 3 is 2.54 bits per heavy atom. The molecule has 266 valence electrons. The molecule has 1 aliphatic rings. The van der Waals surface area contributed by atoms with Crippen molar-refractivity contribution in [3.8, 4) is 28.4 Å². The van der Waals surface area contributed by atoms with E-state index < -0.39 is 12.0 Å². The van der Waals surface area contributed by atoms with Crippen LogP contribution >= 0.6 is 23.2 Å². The molecule has 4 aromatic rings. The maximum Gasteiger partial charge on any atom is 1.00 e. The number of benzene rings is 4. The number of amides is 1. The van der Waals surface area contributed by atoms with Crippen LogP contribution in [0.1, 0.15) is 63.9 Å². The largest absolute Gasteiger partial charge is 1.00 e. The predicted octanol–water partition coefficient (Wildman–Crippen LogP) is 4.47. The second kappa shape index (κ2) is 19.6. The molecule has 0 saturated carbocycles. The summed E-state index contributed by atoms with van der Waals surface area (Å²) in [6, 6.07) is 19.5. The average molecular weight is 737 g/mol. The first kappa shape index (κ1) is 40.6. The van der Waals surface area contributed by atoms with E-state index in [1.807, 2.05) is 31.2 Å². The molecule has 0 fully saturated rings.